The van der Waals surface area contributed by atoms with Crippen LogP contribution < -0.4 is 48.3 Å². The van der Waals surface area contributed by atoms with Gasteiger partial charge in [0.2, 0.25) is 59.1 Å². The van der Waals surface area contributed by atoms with E-state index in [1.54, 1.807) is 88.4 Å². The molecular weight excluding hydrogens is 1070 g/mol. The summed E-state index contributed by atoms with van der Waals surface area (Å²) < 4.78 is 0. The average molecular weight is 1160 g/mol. The maximum absolute atomic E-state index is 14.9. The Kier molecular flexibility index (Phi) is 25.5. The Morgan fingerprint density at radius 2 is 0.831 bits per heavy atom. The summed E-state index contributed by atoms with van der Waals surface area (Å²) in [4.78, 5) is 160. The smallest absolute Gasteiger partial charge is 0.303 e. The Balaban J connectivity index is 1.59. The molecule has 23 nitrogen and oxygen atoms in total. The summed E-state index contributed by atoms with van der Waals surface area (Å²) in [7, 11) is 0. The molecule has 0 unspecified atom stereocenters. The Labute approximate surface area is 487 Å². The predicted octanol–water partition coefficient (Wildman–Crippen LogP) is 1.35. The number of fused-ring (bicyclic) bond motifs is 2. The van der Waals surface area contributed by atoms with E-state index >= 15 is 0 Å². The lowest BCUT2D eigenvalue weighted by Gasteiger charge is -2.33. The highest BCUT2D eigenvalue weighted by molar-refractivity contribution is 6.00. The monoisotopic (exact) mass is 1160 g/mol. The number of nitrogens with two attached hydrogens (primary N) is 1. The van der Waals surface area contributed by atoms with Gasteiger partial charge >= 0.3 is 5.97 Å². The second-order valence-electron chi connectivity index (χ2n) is 23.7. The third-order valence-electron chi connectivity index (χ3n) is 15.3. The predicted molar refractivity (Wildman–Crippen MR) is 309 cm³/mol. The summed E-state index contributed by atoms with van der Waals surface area (Å²) in [5.41, 5.74) is 7.26. The minimum Gasteiger partial charge on any atom is -0.481 e. The van der Waals surface area contributed by atoms with Gasteiger partial charge in [-0.2, -0.15) is 0 Å². The summed E-state index contributed by atoms with van der Waals surface area (Å²) in [6, 6.07) is 5.17. The molecule has 0 spiro atoms. The van der Waals surface area contributed by atoms with Crippen LogP contribution in [0.3, 0.4) is 0 Å². The highest BCUT2D eigenvalue weighted by atomic mass is 16.4. The fourth-order valence-electron chi connectivity index (χ4n) is 10.8. The molecule has 3 saturated heterocycles. The van der Waals surface area contributed by atoms with Crippen molar-refractivity contribution in [1.29, 1.82) is 0 Å². The molecule has 5 rings (SSSR count). The van der Waals surface area contributed by atoms with Crippen molar-refractivity contribution in [2.75, 3.05) is 19.6 Å². The number of hydrogen-bond donors (Lipinski definition) is 10. The second-order valence-corrected chi connectivity index (χ2v) is 23.7. The summed E-state index contributed by atoms with van der Waals surface area (Å²) >= 11 is 0. The molecule has 23 heteroatoms. The summed E-state index contributed by atoms with van der Waals surface area (Å²) in [5, 5.41) is 32.0. The zero-order valence-electron chi connectivity index (χ0n) is 49.4. The van der Waals surface area contributed by atoms with Crippen molar-refractivity contribution in [2.45, 2.75) is 193 Å². The van der Waals surface area contributed by atoms with Crippen molar-refractivity contribution in [1.82, 2.24) is 52.3 Å². The van der Waals surface area contributed by atoms with Gasteiger partial charge in [0.15, 0.2) is 0 Å². The molecule has 2 aromatic rings. The first-order valence-electron chi connectivity index (χ1n) is 29.4. The van der Waals surface area contributed by atoms with Crippen LogP contribution in [0.1, 0.15) is 131 Å². The van der Waals surface area contributed by atoms with Crippen LogP contribution in [0.15, 0.2) is 60.7 Å². The summed E-state index contributed by atoms with van der Waals surface area (Å²) in [5.74, 6) is -9.99. The molecule has 0 aromatic heterocycles. The molecule has 2 aromatic carbocycles. The number of nitrogens with zero attached hydrogens (tertiary/aromatic N) is 2. The van der Waals surface area contributed by atoms with Gasteiger partial charge in [0.05, 0.1) is 0 Å². The van der Waals surface area contributed by atoms with E-state index < -0.39 is 150 Å². The molecule has 3 aliphatic heterocycles. The highest BCUT2D eigenvalue weighted by Gasteiger charge is 2.43. The first-order chi connectivity index (χ1) is 39.4. The third-order valence-corrected chi connectivity index (χ3v) is 15.3. The minimum absolute atomic E-state index is 0.00631. The molecule has 83 heavy (non-hydrogen) atoms. The molecule has 0 bridgehead atoms. The van der Waals surface area contributed by atoms with E-state index in [0.717, 1.165) is 0 Å². The Morgan fingerprint density at radius 3 is 1.18 bits per heavy atom. The molecular formula is C60H89N11O12. The molecule has 3 fully saturated rings. The topological polar surface area (TPSA) is 337 Å². The van der Waals surface area contributed by atoms with Gasteiger partial charge < -0.3 is 63.2 Å². The fourth-order valence-corrected chi connectivity index (χ4v) is 10.8. The van der Waals surface area contributed by atoms with Crippen LogP contribution in [-0.2, 0) is 65.6 Å². The van der Waals surface area contributed by atoms with Gasteiger partial charge in [0.25, 0.3) is 0 Å². The number of carbonyl (C=O) groups excluding carboxylic acids is 10. The lowest BCUT2D eigenvalue weighted by molar-refractivity contribution is -0.143. The first-order valence-corrected chi connectivity index (χ1v) is 29.4. The van der Waals surface area contributed by atoms with Crippen molar-refractivity contribution in [3.05, 3.63) is 71.8 Å². The molecule has 11 N–H and O–H groups in total. The van der Waals surface area contributed by atoms with Gasteiger partial charge in [-0.25, -0.2) is 0 Å². The van der Waals surface area contributed by atoms with Crippen LogP contribution in [0.4, 0.5) is 0 Å². The maximum Gasteiger partial charge on any atom is 0.303 e. The molecule has 3 aliphatic rings. The van der Waals surface area contributed by atoms with E-state index in [9.17, 15) is 57.8 Å². The number of carboxylic acid groups (broad SMARTS) is 1. The number of amides is 10. The largest absolute Gasteiger partial charge is 0.481 e. The highest BCUT2D eigenvalue weighted by Crippen LogP contribution is 2.24. The normalized spacial score (nSPS) is 26.3. The molecule has 0 radical (unpaired) electrons. The lowest BCUT2D eigenvalue weighted by atomic mass is 9.99. The SMILES string of the molecule is CC(C)C[C@@H]1NC(=O)[C@H](CCCN)NC(=O)[C@H](C(C)C)NC(=O)[C@@H]2CCCN2C(=O)[C@@H](Cc2ccccc2)NC(=O)[C@H](CC(C)C)NC(=O)[C@H](CCC(=O)O)NC(=O)[C@H](C(C)C)NC(=O)[C@@H]2CCCN2C(=O)[C@@H](Cc2ccccc2)NC1=O. The maximum atomic E-state index is 14.9. The van der Waals surface area contributed by atoms with Gasteiger partial charge in [0, 0.05) is 32.4 Å². The number of hydrogen-bond acceptors (Lipinski definition) is 12. The van der Waals surface area contributed by atoms with Crippen molar-refractivity contribution in [3.63, 3.8) is 0 Å². The third kappa shape index (κ3) is 19.6. The fraction of sp³-hybridized carbons (Fsp3) is 0.617. The van der Waals surface area contributed by atoms with E-state index in [4.69, 9.17) is 5.73 Å². The van der Waals surface area contributed by atoms with Gasteiger partial charge in [-0.15, -0.1) is 0 Å². The average Bonchev–Trinajstić information content (AvgIpc) is 4.27. The molecule has 0 aliphatic carbocycles. The van der Waals surface area contributed by atoms with E-state index in [-0.39, 0.29) is 82.8 Å². The van der Waals surface area contributed by atoms with Crippen molar-refractivity contribution < 1.29 is 57.8 Å². The Morgan fingerprint density at radius 1 is 0.482 bits per heavy atom. The first kappa shape index (κ1) is 66.4. The van der Waals surface area contributed by atoms with Crippen LogP contribution in [0.5, 0.6) is 0 Å². The van der Waals surface area contributed by atoms with Crippen LogP contribution in [0.2, 0.25) is 0 Å². The quantitative estimate of drug-likeness (QED) is 0.114. The van der Waals surface area contributed by atoms with Gasteiger partial charge in [-0.3, -0.25) is 52.7 Å². The van der Waals surface area contributed by atoms with Crippen LogP contribution >= 0.6 is 0 Å². The summed E-state index contributed by atoms with van der Waals surface area (Å²) in [6.07, 6.45) is 0.684. The molecule has 0 saturated carbocycles. The summed E-state index contributed by atoms with van der Waals surface area (Å²) in [6.45, 7) is 14.4. The zero-order chi connectivity index (χ0) is 61.1. The van der Waals surface area contributed by atoms with Crippen LogP contribution in [0, 0.1) is 23.7 Å². The molecule has 10 atom stereocenters. The Hall–Kier alpha value is -7.43. The van der Waals surface area contributed by atoms with Crippen LogP contribution in [-0.4, -0.2) is 160 Å². The number of benzene rings is 2. The number of nitrogens with one attached hydrogen (secondary N) is 8. The zero-order valence-corrected chi connectivity index (χ0v) is 49.4. The Bertz CT molecular complexity index is 2580. The molecule has 456 valence electrons. The van der Waals surface area contributed by atoms with E-state index in [1.807, 2.05) is 27.7 Å². The standard InChI is InChI=1S/C60H89N11O12/c1-34(2)30-42-53(76)66-44(32-38-18-11-9-12-19-38)59(82)71-29-17-24-47(71)56(79)69-50(37(7)8)58(81)63-41(25-26-48(72)73)52(75)65-43(31-35(3)4)54(77)67-45(33-39-20-13-10-14-21-39)60(83)70-28-16-23-46(70)55(78)68-49(36(5)6)57(80)62-40(22-15-27-61)51(74)64-42/h9-14,18-21,34-37,40-47,49-50H,15-17,22-33,61H2,1-8H3,(H,62,80)(H,63,81)(H,64,74)(H,65,75)(H,66,76)(H,67,77)(H,68,78)(H,69,79)(H,72,73)/t40-,41-,42-,43-,44+,45+,46-,47-,49-,50-/m0/s1. The number of rotatable bonds is 16. The number of carbonyl (C=O) groups is 11. The number of carboxylic acids is 1. The minimum atomic E-state index is -1.53. The van der Waals surface area contributed by atoms with Gasteiger partial charge in [-0.05, 0) is 99.1 Å². The second kappa shape index (κ2) is 31.9. The van der Waals surface area contributed by atoms with E-state index in [2.05, 4.69) is 42.5 Å². The van der Waals surface area contributed by atoms with Crippen LogP contribution in [0.25, 0.3) is 0 Å². The lowest BCUT2D eigenvalue weighted by Crippen LogP contribution is -2.62. The molecule has 10 amide bonds. The van der Waals surface area contributed by atoms with Gasteiger partial charge in [0.1, 0.15) is 60.4 Å². The van der Waals surface area contributed by atoms with Gasteiger partial charge in [-0.1, -0.05) is 116 Å². The molecule has 3 heterocycles. The van der Waals surface area contributed by atoms with E-state index in [1.165, 1.54) is 9.80 Å². The van der Waals surface area contributed by atoms with Crippen molar-refractivity contribution in [2.24, 2.45) is 29.4 Å². The van der Waals surface area contributed by atoms with Crippen molar-refractivity contribution >= 4 is 65.0 Å². The van der Waals surface area contributed by atoms with Crippen molar-refractivity contribution in [3.8, 4) is 0 Å². The number of aliphatic carboxylic acids is 1. The van der Waals surface area contributed by atoms with E-state index in [0.29, 0.717) is 24.0 Å².